The molecule has 0 aliphatic rings. The molecule has 8 heteroatoms. The predicted molar refractivity (Wildman–Crippen MR) is 259 cm³/mol. The van der Waals surface area contributed by atoms with Crippen molar-refractivity contribution in [2.45, 2.75) is 236 Å². The highest BCUT2D eigenvalue weighted by Crippen LogP contribution is 2.19. The maximum absolute atomic E-state index is 12.7. The lowest BCUT2D eigenvalue weighted by Crippen LogP contribution is -2.27. The van der Waals surface area contributed by atoms with E-state index in [1.54, 1.807) is 0 Å². The van der Waals surface area contributed by atoms with Crippen LogP contribution in [0.3, 0.4) is 0 Å². The van der Waals surface area contributed by atoms with Crippen molar-refractivity contribution in [3.63, 3.8) is 0 Å². The van der Waals surface area contributed by atoms with Crippen molar-refractivity contribution in [2.75, 3.05) is 65.9 Å². The molecule has 0 aromatic heterocycles. The van der Waals surface area contributed by atoms with E-state index >= 15 is 0 Å². The summed E-state index contributed by atoms with van der Waals surface area (Å²) in [6, 6.07) is 0. The van der Waals surface area contributed by atoms with Gasteiger partial charge in [-0.3, -0.25) is 4.79 Å². The second-order valence-electron chi connectivity index (χ2n) is 20.4. The van der Waals surface area contributed by atoms with Gasteiger partial charge in [0.25, 0.3) is 0 Å². The molecule has 0 rings (SSSR count). The topological polar surface area (TPSA) is 86.7 Å². The molecular formula is C53H107NO7. The molecule has 61 heavy (non-hydrogen) atoms. The first-order valence-electron chi connectivity index (χ1n) is 26.2. The summed E-state index contributed by atoms with van der Waals surface area (Å²) in [5, 5.41) is 9.32. The van der Waals surface area contributed by atoms with Crippen LogP contribution in [-0.2, 0) is 28.5 Å². The van der Waals surface area contributed by atoms with Crippen molar-refractivity contribution in [3.8, 4) is 0 Å². The van der Waals surface area contributed by atoms with Crippen LogP contribution in [0.15, 0.2) is 0 Å². The zero-order valence-electron chi connectivity index (χ0n) is 42.5. The number of carbonyl (C=O) groups excluding carboxylic acids is 1. The molecule has 0 fully saturated rings. The summed E-state index contributed by atoms with van der Waals surface area (Å²) < 4.78 is 30.1. The Labute approximate surface area is 380 Å². The highest BCUT2D eigenvalue weighted by atomic mass is 16.7. The van der Waals surface area contributed by atoms with Gasteiger partial charge in [0, 0.05) is 46.1 Å². The van der Waals surface area contributed by atoms with Crippen LogP contribution in [0.2, 0.25) is 0 Å². The molecule has 4 atom stereocenters. The van der Waals surface area contributed by atoms with Crippen molar-refractivity contribution in [1.29, 1.82) is 0 Å². The first-order chi connectivity index (χ1) is 29.3. The van der Waals surface area contributed by atoms with Gasteiger partial charge in [0.05, 0.1) is 19.1 Å². The maximum atomic E-state index is 12.7. The molecule has 0 aromatic carbocycles. The van der Waals surface area contributed by atoms with Crippen molar-refractivity contribution >= 4 is 5.97 Å². The van der Waals surface area contributed by atoms with Crippen molar-refractivity contribution in [1.82, 2.24) is 4.90 Å². The number of hydrogen-bond donors (Lipinski definition) is 1. The summed E-state index contributed by atoms with van der Waals surface area (Å²) in [4.78, 5) is 15.3. The Hall–Kier alpha value is -0.770. The zero-order chi connectivity index (χ0) is 45.4. The standard InChI is InChI=1S/C53H107NO7/c1-45(2)23-20-26-48(7)31-42-58-51(10)34-41-57-39-18-13-15-36-54(37-16-17-38-55)35-14-11-12-19-40-59-52(56)29-30-53(60-43-32-49(8)27-21-24-46(3)4)61-44-33-50(9)28-22-25-47(5)6/h45-51,53,55H,11-44H2,1-10H3. The average Bonchev–Trinajstić information content (AvgIpc) is 3.19. The minimum atomic E-state index is -0.348. The molecule has 0 bridgehead atoms. The molecule has 0 heterocycles. The fourth-order valence-electron chi connectivity index (χ4n) is 7.76. The lowest BCUT2D eigenvalue weighted by atomic mass is 9.97. The lowest BCUT2D eigenvalue weighted by Gasteiger charge is -2.22. The fraction of sp³-hybridized carbons (Fsp3) is 0.981. The van der Waals surface area contributed by atoms with Gasteiger partial charge in [-0.1, -0.05) is 133 Å². The number of carbonyl (C=O) groups is 1. The molecule has 0 radical (unpaired) electrons. The minimum Gasteiger partial charge on any atom is -0.466 e. The summed E-state index contributed by atoms with van der Waals surface area (Å²) in [5.74, 6) is 4.19. The fourth-order valence-corrected chi connectivity index (χ4v) is 7.76. The summed E-state index contributed by atoms with van der Waals surface area (Å²) in [5.41, 5.74) is 0. The van der Waals surface area contributed by atoms with E-state index < -0.39 is 0 Å². The van der Waals surface area contributed by atoms with E-state index in [1.165, 1.54) is 70.6 Å². The van der Waals surface area contributed by atoms with Gasteiger partial charge in [0.1, 0.15) is 0 Å². The molecule has 0 saturated carbocycles. The van der Waals surface area contributed by atoms with E-state index in [0.29, 0.717) is 44.5 Å². The van der Waals surface area contributed by atoms with Gasteiger partial charge in [-0.05, 0) is 133 Å². The van der Waals surface area contributed by atoms with Gasteiger partial charge in [-0.15, -0.1) is 0 Å². The van der Waals surface area contributed by atoms with E-state index in [0.717, 1.165) is 134 Å². The second kappa shape index (κ2) is 43.1. The van der Waals surface area contributed by atoms with Crippen molar-refractivity contribution < 1.29 is 33.6 Å². The van der Waals surface area contributed by atoms with E-state index in [-0.39, 0.29) is 25.0 Å². The average molecular weight is 870 g/mol. The van der Waals surface area contributed by atoms with Crippen LogP contribution in [0.4, 0.5) is 0 Å². The van der Waals surface area contributed by atoms with E-state index in [4.69, 9.17) is 23.7 Å². The molecular weight excluding hydrogens is 763 g/mol. The molecule has 0 saturated heterocycles. The van der Waals surface area contributed by atoms with E-state index in [9.17, 15) is 9.90 Å². The van der Waals surface area contributed by atoms with Gasteiger partial charge in [0.15, 0.2) is 6.29 Å². The van der Waals surface area contributed by atoms with Gasteiger partial charge < -0.3 is 33.7 Å². The van der Waals surface area contributed by atoms with Crippen LogP contribution < -0.4 is 0 Å². The zero-order valence-corrected chi connectivity index (χ0v) is 42.5. The lowest BCUT2D eigenvalue weighted by molar-refractivity contribution is -0.161. The number of rotatable bonds is 47. The number of esters is 1. The quantitative estimate of drug-likeness (QED) is 0.0368. The highest BCUT2D eigenvalue weighted by molar-refractivity contribution is 5.69. The Bertz CT molecular complexity index is 891. The Morgan fingerprint density at radius 3 is 1.36 bits per heavy atom. The first-order valence-corrected chi connectivity index (χ1v) is 26.2. The van der Waals surface area contributed by atoms with Crippen LogP contribution >= 0.6 is 0 Å². The third-order valence-electron chi connectivity index (χ3n) is 12.3. The minimum absolute atomic E-state index is 0.145. The van der Waals surface area contributed by atoms with Gasteiger partial charge in [0.2, 0.25) is 0 Å². The van der Waals surface area contributed by atoms with Crippen LogP contribution in [-0.4, -0.2) is 94.3 Å². The number of aliphatic hydroxyl groups is 1. The van der Waals surface area contributed by atoms with Gasteiger partial charge in [-0.2, -0.15) is 0 Å². The smallest absolute Gasteiger partial charge is 0.305 e. The molecule has 0 spiro atoms. The molecule has 0 aliphatic carbocycles. The molecule has 8 nitrogen and oxygen atoms in total. The Kier molecular flexibility index (Phi) is 42.6. The Morgan fingerprint density at radius 2 is 0.869 bits per heavy atom. The molecule has 0 aromatic rings. The van der Waals surface area contributed by atoms with Crippen LogP contribution in [0.25, 0.3) is 0 Å². The van der Waals surface area contributed by atoms with Gasteiger partial charge in [-0.25, -0.2) is 0 Å². The van der Waals surface area contributed by atoms with E-state index in [2.05, 4.69) is 74.1 Å². The molecule has 1 N–H and O–H groups in total. The Balaban J connectivity index is 4.30. The largest absolute Gasteiger partial charge is 0.466 e. The number of hydrogen-bond acceptors (Lipinski definition) is 8. The summed E-state index contributed by atoms with van der Waals surface area (Å²) in [6.45, 7) is 30.8. The third-order valence-corrected chi connectivity index (χ3v) is 12.3. The van der Waals surface area contributed by atoms with Crippen molar-refractivity contribution in [3.05, 3.63) is 0 Å². The number of nitrogens with zero attached hydrogens (tertiary/aromatic N) is 1. The molecule has 0 aliphatic heterocycles. The monoisotopic (exact) mass is 870 g/mol. The van der Waals surface area contributed by atoms with Crippen LogP contribution in [0.1, 0.15) is 223 Å². The Morgan fingerprint density at radius 1 is 0.426 bits per heavy atom. The van der Waals surface area contributed by atoms with E-state index in [1.807, 2.05) is 0 Å². The molecule has 0 amide bonds. The second-order valence-corrected chi connectivity index (χ2v) is 20.4. The van der Waals surface area contributed by atoms with Crippen LogP contribution in [0, 0.1) is 35.5 Å². The third kappa shape index (κ3) is 44.2. The molecule has 366 valence electrons. The summed E-state index contributed by atoms with van der Waals surface area (Å²) >= 11 is 0. The first kappa shape index (κ1) is 60.2. The molecule has 4 unspecified atom stereocenters. The number of unbranched alkanes of at least 4 members (excludes halogenated alkanes) is 6. The normalized spacial score (nSPS) is 14.7. The number of aliphatic hydroxyl groups excluding tert-OH is 1. The predicted octanol–water partition coefficient (Wildman–Crippen LogP) is 13.8. The van der Waals surface area contributed by atoms with Crippen molar-refractivity contribution in [2.24, 2.45) is 35.5 Å². The number of ether oxygens (including phenoxy) is 5. The van der Waals surface area contributed by atoms with Gasteiger partial charge >= 0.3 is 5.97 Å². The highest BCUT2D eigenvalue weighted by Gasteiger charge is 2.16. The summed E-state index contributed by atoms with van der Waals surface area (Å²) in [7, 11) is 0. The van der Waals surface area contributed by atoms with Crippen LogP contribution in [0.5, 0.6) is 0 Å². The summed E-state index contributed by atoms with van der Waals surface area (Å²) in [6.07, 6.45) is 26.1. The SMILES string of the molecule is CC(C)CCCC(C)CCOC(C)CCOCCCCCN(CCCCO)CCCCCCOC(=O)CCC(OCCC(C)CCCC(C)C)OCCC(C)CCCC(C)C. The maximum Gasteiger partial charge on any atom is 0.305 e.